The normalized spacial score (nSPS) is 20.9. The number of nitrogens with two attached hydrogens (primary N) is 1. The first-order chi connectivity index (χ1) is 15.5. The number of aromatic nitrogens is 4. The quantitative estimate of drug-likeness (QED) is 0.651. The monoisotopic (exact) mass is 459 g/mol. The third-order valence-electron chi connectivity index (χ3n) is 6.57. The van der Waals surface area contributed by atoms with Gasteiger partial charge < -0.3 is 5.73 Å². The molecule has 1 saturated carbocycles. The number of rotatable bonds is 7. The summed E-state index contributed by atoms with van der Waals surface area (Å²) in [4.78, 5) is 27.6. The molecule has 2 aliphatic rings. The molecular formula is C22H30ClN7O2. The number of tetrazole rings is 1. The van der Waals surface area contributed by atoms with Gasteiger partial charge in [-0.2, -0.15) is 0 Å². The van der Waals surface area contributed by atoms with Gasteiger partial charge in [0.05, 0.1) is 17.8 Å². The number of nitrogens with zero attached hydrogens (tertiary/aromatic N) is 5. The molecule has 1 aromatic carbocycles. The van der Waals surface area contributed by atoms with E-state index in [-0.39, 0.29) is 17.9 Å². The molecule has 2 amide bonds. The molecule has 0 bridgehead atoms. The van der Waals surface area contributed by atoms with Gasteiger partial charge in [0.1, 0.15) is 6.33 Å². The van der Waals surface area contributed by atoms with Crippen molar-refractivity contribution in [2.75, 3.05) is 6.54 Å². The van der Waals surface area contributed by atoms with Crippen LogP contribution in [0.2, 0.25) is 5.02 Å². The van der Waals surface area contributed by atoms with E-state index in [2.05, 4.69) is 25.7 Å². The Bertz CT molecular complexity index is 930. The predicted molar refractivity (Wildman–Crippen MR) is 120 cm³/mol. The Balaban J connectivity index is 1.39. The van der Waals surface area contributed by atoms with Crippen molar-refractivity contribution in [1.82, 2.24) is 30.4 Å². The molecule has 2 aromatic rings. The summed E-state index contributed by atoms with van der Waals surface area (Å²) in [5, 5.41) is 14.5. The second-order valence-corrected chi connectivity index (χ2v) is 9.29. The maximum absolute atomic E-state index is 12.9. The van der Waals surface area contributed by atoms with E-state index < -0.39 is 6.04 Å². The highest BCUT2D eigenvalue weighted by molar-refractivity contribution is 6.30. The third-order valence-corrected chi connectivity index (χ3v) is 6.81. The zero-order chi connectivity index (χ0) is 22.5. The second kappa shape index (κ2) is 10.5. The maximum atomic E-state index is 12.9. The fourth-order valence-electron chi connectivity index (χ4n) is 4.89. The summed E-state index contributed by atoms with van der Waals surface area (Å²) in [6, 6.07) is 4.46. The number of carbonyl (C=O) groups is 2. The Morgan fingerprint density at radius 2 is 2.00 bits per heavy atom. The highest BCUT2D eigenvalue weighted by Gasteiger charge is 2.33. The van der Waals surface area contributed by atoms with Gasteiger partial charge in [0.2, 0.25) is 11.8 Å². The number of hydrogen-bond donors (Lipinski definition) is 2. The predicted octanol–water partition coefficient (Wildman–Crippen LogP) is 2.22. The van der Waals surface area contributed by atoms with Crippen molar-refractivity contribution in [3.63, 3.8) is 0 Å². The Kier molecular flexibility index (Phi) is 7.49. The van der Waals surface area contributed by atoms with E-state index in [9.17, 15) is 9.59 Å². The van der Waals surface area contributed by atoms with E-state index in [0.29, 0.717) is 30.3 Å². The molecular weight excluding hydrogens is 430 g/mol. The molecule has 2 atom stereocenters. The van der Waals surface area contributed by atoms with Crippen LogP contribution in [0.1, 0.15) is 56.9 Å². The molecule has 9 nitrogen and oxygen atoms in total. The van der Waals surface area contributed by atoms with Crippen molar-refractivity contribution in [1.29, 1.82) is 0 Å². The molecule has 1 aliphatic carbocycles. The average Bonchev–Trinajstić information content (AvgIpc) is 3.47. The van der Waals surface area contributed by atoms with Gasteiger partial charge >= 0.3 is 0 Å². The standard InChI is InChI=1S/C22H30ClN7O2/c23-17-8-9-19(30-14-25-27-28-30)16(12-17)13-29-10-4-7-20(29)22(32)26-21(31)18(24)11-15-5-2-1-3-6-15/h8-9,12,14-15,18,20H,1-7,10-11,13,24H2,(H,26,31,32)/t18-,20+/m1/s1. The number of amides is 2. The number of nitrogens with one attached hydrogen (secondary N) is 1. The van der Waals surface area contributed by atoms with Crippen molar-refractivity contribution < 1.29 is 9.59 Å². The number of hydrogen-bond acceptors (Lipinski definition) is 7. The molecule has 0 spiro atoms. The first kappa shape index (κ1) is 22.8. The highest BCUT2D eigenvalue weighted by Crippen LogP contribution is 2.28. The zero-order valence-electron chi connectivity index (χ0n) is 18.1. The lowest BCUT2D eigenvalue weighted by Gasteiger charge is -2.26. The van der Waals surface area contributed by atoms with Crippen LogP contribution in [0, 0.1) is 5.92 Å². The Hall–Kier alpha value is -2.36. The molecule has 1 aromatic heterocycles. The van der Waals surface area contributed by atoms with Crippen LogP contribution in [-0.2, 0) is 16.1 Å². The molecule has 10 heteroatoms. The van der Waals surface area contributed by atoms with Gasteiger partial charge in [-0.3, -0.25) is 19.8 Å². The summed E-state index contributed by atoms with van der Waals surface area (Å²) in [5.74, 6) is -0.169. The van der Waals surface area contributed by atoms with Gasteiger partial charge in [0, 0.05) is 11.6 Å². The SMILES string of the molecule is N[C@H](CC1CCCCC1)C(=O)NC(=O)[C@@H]1CCCN1Cc1cc(Cl)ccc1-n1cnnn1. The molecule has 4 rings (SSSR count). The fourth-order valence-corrected chi connectivity index (χ4v) is 5.09. The van der Waals surface area contributed by atoms with Gasteiger partial charge in [-0.05, 0) is 65.9 Å². The van der Waals surface area contributed by atoms with E-state index in [0.717, 1.165) is 37.1 Å². The topological polar surface area (TPSA) is 119 Å². The van der Waals surface area contributed by atoms with Crippen LogP contribution in [0.25, 0.3) is 5.69 Å². The summed E-state index contributed by atoms with van der Waals surface area (Å²) in [6.45, 7) is 1.25. The second-order valence-electron chi connectivity index (χ2n) is 8.86. The fraction of sp³-hybridized carbons (Fsp3) is 0.591. The smallest absolute Gasteiger partial charge is 0.243 e. The van der Waals surface area contributed by atoms with Crippen LogP contribution in [-0.4, -0.2) is 55.5 Å². The van der Waals surface area contributed by atoms with Crippen molar-refractivity contribution in [2.45, 2.75) is 70.0 Å². The van der Waals surface area contributed by atoms with Crippen molar-refractivity contribution >= 4 is 23.4 Å². The largest absolute Gasteiger partial charge is 0.320 e. The summed E-state index contributed by atoms with van der Waals surface area (Å²) in [7, 11) is 0. The maximum Gasteiger partial charge on any atom is 0.243 e. The van der Waals surface area contributed by atoms with Crippen LogP contribution in [0.15, 0.2) is 24.5 Å². The average molecular weight is 460 g/mol. The van der Waals surface area contributed by atoms with Gasteiger partial charge in [0.15, 0.2) is 0 Å². The lowest BCUT2D eigenvalue weighted by atomic mass is 9.85. The molecule has 2 fully saturated rings. The summed E-state index contributed by atoms with van der Waals surface area (Å²) >= 11 is 6.23. The molecule has 3 N–H and O–H groups in total. The van der Waals surface area contributed by atoms with Crippen LogP contribution >= 0.6 is 11.6 Å². The van der Waals surface area contributed by atoms with Crippen LogP contribution in [0.5, 0.6) is 0 Å². The molecule has 32 heavy (non-hydrogen) atoms. The van der Waals surface area contributed by atoms with E-state index in [1.165, 1.54) is 25.6 Å². The molecule has 0 unspecified atom stereocenters. The summed E-state index contributed by atoms with van der Waals surface area (Å²) in [6.07, 6.45) is 9.63. The Morgan fingerprint density at radius 1 is 1.19 bits per heavy atom. The highest BCUT2D eigenvalue weighted by atomic mass is 35.5. The number of likely N-dealkylation sites (tertiary alicyclic amines) is 1. The van der Waals surface area contributed by atoms with Crippen molar-refractivity contribution in [3.8, 4) is 5.69 Å². The molecule has 2 heterocycles. The van der Waals surface area contributed by atoms with Crippen LogP contribution < -0.4 is 11.1 Å². The van der Waals surface area contributed by atoms with Gasteiger partial charge in [-0.15, -0.1) is 5.10 Å². The lowest BCUT2D eigenvalue weighted by molar-refractivity contribution is -0.134. The van der Waals surface area contributed by atoms with Crippen LogP contribution in [0.3, 0.4) is 0 Å². The van der Waals surface area contributed by atoms with E-state index in [1.54, 1.807) is 10.7 Å². The summed E-state index contributed by atoms with van der Waals surface area (Å²) < 4.78 is 1.57. The van der Waals surface area contributed by atoms with Gasteiger partial charge in [0.25, 0.3) is 0 Å². The first-order valence-electron chi connectivity index (χ1n) is 11.4. The van der Waals surface area contributed by atoms with Crippen LogP contribution in [0.4, 0.5) is 0 Å². The van der Waals surface area contributed by atoms with Gasteiger partial charge in [-0.1, -0.05) is 43.7 Å². The summed E-state index contributed by atoms with van der Waals surface area (Å²) in [5.41, 5.74) is 7.84. The van der Waals surface area contributed by atoms with E-state index in [1.807, 2.05) is 12.1 Å². The minimum atomic E-state index is -0.642. The van der Waals surface area contributed by atoms with Crippen molar-refractivity contribution in [2.24, 2.45) is 11.7 Å². The van der Waals surface area contributed by atoms with Crippen molar-refractivity contribution in [3.05, 3.63) is 35.1 Å². The number of carbonyl (C=O) groups excluding carboxylic acids is 2. The van der Waals surface area contributed by atoms with E-state index in [4.69, 9.17) is 17.3 Å². The first-order valence-corrected chi connectivity index (χ1v) is 11.7. The third kappa shape index (κ3) is 5.51. The number of benzene rings is 1. The Labute approximate surface area is 192 Å². The molecule has 0 radical (unpaired) electrons. The number of imide groups is 1. The number of halogens is 1. The molecule has 1 saturated heterocycles. The lowest BCUT2D eigenvalue weighted by Crippen LogP contribution is -2.50. The minimum absolute atomic E-state index is 0.280. The van der Waals surface area contributed by atoms with E-state index >= 15 is 0 Å². The Morgan fingerprint density at radius 3 is 2.75 bits per heavy atom. The minimum Gasteiger partial charge on any atom is -0.320 e. The molecule has 1 aliphatic heterocycles. The molecule has 172 valence electrons. The zero-order valence-corrected chi connectivity index (χ0v) is 18.9. The van der Waals surface area contributed by atoms with Gasteiger partial charge in [-0.25, -0.2) is 4.68 Å².